The summed E-state index contributed by atoms with van der Waals surface area (Å²) in [4.78, 5) is 28.6. The van der Waals surface area contributed by atoms with Crippen LogP contribution in [-0.4, -0.2) is 40.1 Å². The molecule has 108 valence electrons. The van der Waals surface area contributed by atoms with Gasteiger partial charge in [0.2, 0.25) is 0 Å². The van der Waals surface area contributed by atoms with Crippen LogP contribution < -0.4 is 5.32 Å². The lowest BCUT2D eigenvalue weighted by atomic mass is 9.95. The average molecular weight is 277 g/mol. The zero-order valence-corrected chi connectivity index (χ0v) is 11.5. The highest BCUT2D eigenvalue weighted by Gasteiger charge is 2.25. The van der Waals surface area contributed by atoms with Crippen molar-refractivity contribution >= 4 is 17.7 Å². The SMILES string of the molecule is Cc1cncc(NC(=O)N2CCCC(CC(=O)O)C2)c1. The Morgan fingerprint density at radius 3 is 3.00 bits per heavy atom. The Kier molecular flexibility index (Phi) is 4.55. The van der Waals surface area contributed by atoms with Gasteiger partial charge in [0.15, 0.2) is 0 Å². The number of anilines is 1. The molecule has 2 heterocycles. The van der Waals surface area contributed by atoms with Gasteiger partial charge in [-0.3, -0.25) is 9.78 Å². The van der Waals surface area contributed by atoms with Crippen LogP contribution in [0.2, 0.25) is 0 Å². The number of amides is 2. The molecule has 6 heteroatoms. The van der Waals surface area contributed by atoms with Crippen molar-refractivity contribution in [3.8, 4) is 0 Å². The summed E-state index contributed by atoms with van der Waals surface area (Å²) in [5.41, 5.74) is 1.64. The summed E-state index contributed by atoms with van der Waals surface area (Å²) < 4.78 is 0. The van der Waals surface area contributed by atoms with Gasteiger partial charge in [-0.1, -0.05) is 0 Å². The topological polar surface area (TPSA) is 82.5 Å². The van der Waals surface area contributed by atoms with Gasteiger partial charge in [-0.15, -0.1) is 0 Å². The predicted molar refractivity (Wildman–Crippen MR) is 74.5 cm³/mol. The molecule has 0 aromatic carbocycles. The molecular weight excluding hydrogens is 258 g/mol. The molecule has 0 aliphatic carbocycles. The molecule has 1 aliphatic heterocycles. The quantitative estimate of drug-likeness (QED) is 0.886. The van der Waals surface area contributed by atoms with Crippen LogP contribution in [0.3, 0.4) is 0 Å². The van der Waals surface area contributed by atoms with E-state index in [1.165, 1.54) is 0 Å². The molecule has 0 bridgehead atoms. The Balaban J connectivity index is 1.93. The summed E-state index contributed by atoms with van der Waals surface area (Å²) >= 11 is 0. The van der Waals surface area contributed by atoms with Gasteiger partial charge < -0.3 is 15.3 Å². The van der Waals surface area contributed by atoms with Crippen LogP contribution in [0.5, 0.6) is 0 Å². The molecule has 1 fully saturated rings. The Morgan fingerprint density at radius 2 is 2.30 bits per heavy atom. The number of pyridine rings is 1. The Labute approximate surface area is 117 Å². The number of nitrogens with one attached hydrogen (secondary N) is 1. The van der Waals surface area contributed by atoms with E-state index in [-0.39, 0.29) is 18.4 Å². The van der Waals surface area contributed by atoms with Crippen molar-refractivity contribution in [2.75, 3.05) is 18.4 Å². The summed E-state index contributed by atoms with van der Waals surface area (Å²) in [7, 11) is 0. The summed E-state index contributed by atoms with van der Waals surface area (Å²) in [5.74, 6) is -0.761. The van der Waals surface area contributed by atoms with Gasteiger partial charge in [0.1, 0.15) is 0 Å². The molecule has 2 N–H and O–H groups in total. The van der Waals surface area contributed by atoms with Crippen LogP contribution in [0.1, 0.15) is 24.8 Å². The first-order chi connectivity index (χ1) is 9.54. The van der Waals surface area contributed by atoms with Gasteiger partial charge in [0.25, 0.3) is 0 Å². The van der Waals surface area contributed by atoms with Crippen molar-refractivity contribution in [3.63, 3.8) is 0 Å². The van der Waals surface area contributed by atoms with Crippen molar-refractivity contribution in [3.05, 3.63) is 24.0 Å². The maximum Gasteiger partial charge on any atom is 0.321 e. The van der Waals surface area contributed by atoms with E-state index in [1.807, 2.05) is 13.0 Å². The van der Waals surface area contributed by atoms with Crippen molar-refractivity contribution in [1.82, 2.24) is 9.88 Å². The number of urea groups is 1. The van der Waals surface area contributed by atoms with Crippen LogP contribution in [0.15, 0.2) is 18.5 Å². The first kappa shape index (κ1) is 14.3. The number of hydrogen-bond acceptors (Lipinski definition) is 3. The second kappa shape index (κ2) is 6.36. The van der Waals surface area contributed by atoms with Gasteiger partial charge in [0, 0.05) is 25.7 Å². The highest BCUT2D eigenvalue weighted by molar-refractivity contribution is 5.89. The molecule has 1 aromatic rings. The average Bonchev–Trinajstić information content (AvgIpc) is 2.38. The summed E-state index contributed by atoms with van der Waals surface area (Å²) in [6, 6.07) is 1.66. The molecule has 6 nitrogen and oxygen atoms in total. The molecule has 1 aromatic heterocycles. The van der Waals surface area contributed by atoms with Crippen molar-refractivity contribution in [1.29, 1.82) is 0 Å². The van der Waals surface area contributed by atoms with Crippen LogP contribution in [0.25, 0.3) is 0 Å². The highest BCUT2D eigenvalue weighted by atomic mass is 16.4. The number of carbonyl (C=O) groups is 2. The van der Waals surface area contributed by atoms with E-state index in [1.54, 1.807) is 17.3 Å². The van der Waals surface area contributed by atoms with E-state index >= 15 is 0 Å². The number of carboxylic acid groups (broad SMARTS) is 1. The molecule has 1 aliphatic rings. The maximum atomic E-state index is 12.1. The molecule has 0 radical (unpaired) electrons. The molecule has 0 saturated carbocycles. The first-order valence-corrected chi connectivity index (χ1v) is 6.74. The van der Waals surface area contributed by atoms with E-state index in [4.69, 9.17) is 5.11 Å². The number of likely N-dealkylation sites (tertiary alicyclic amines) is 1. The fraction of sp³-hybridized carbons (Fsp3) is 0.500. The predicted octanol–water partition coefficient (Wildman–Crippen LogP) is 2.11. The minimum atomic E-state index is -0.805. The number of carboxylic acids is 1. The van der Waals surface area contributed by atoms with Gasteiger partial charge in [-0.2, -0.15) is 0 Å². The van der Waals surface area contributed by atoms with Crippen molar-refractivity contribution in [2.45, 2.75) is 26.2 Å². The summed E-state index contributed by atoms with van der Waals surface area (Å²) in [6.45, 7) is 3.07. The number of hydrogen-bond donors (Lipinski definition) is 2. The largest absolute Gasteiger partial charge is 0.481 e. The number of aryl methyl sites for hydroxylation is 1. The molecule has 20 heavy (non-hydrogen) atoms. The second-order valence-electron chi connectivity index (χ2n) is 5.23. The number of aromatic nitrogens is 1. The van der Waals surface area contributed by atoms with Gasteiger partial charge in [-0.25, -0.2) is 4.79 Å². The number of rotatable bonds is 3. The Bertz CT molecular complexity index is 504. The summed E-state index contributed by atoms with van der Waals surface area (Å²) in [5, 5.41) is 11.6. The number of piperidine rings is 1. The lowest BCUT2D eigenvalue weighted by Gasteiger charge is -2.32. The van der Waals surface area contributed by atoms with E-state index in [2.05, 4.69) is 10.3 Å². The molecule has 1 saturated heterocycles. The normalized spacial score (nSPS) is 18.6. The fourth-order valence-electron chi connectivity index (χ4n) is 2.49. The van der Waals surface area contributed by atoms with Crippen LogP contribution in [0, 0.1) is 12.8 Å². The number of nitrogens with zero attached hydrogens (tertiary/aromatic N) is 2. The first-order valence-electron chi connectivity index (χ1n) is 6.74. The standard InChI is InChI=1S/C14H19N3O3/c1-10-5-12(8-15-7-10)16-14(20)17-4-2-3-11(9-17)6-13(18)19/h5,7-8,11H,2-4,6,9H2,1H3,(H,16,20)(H,18,19). The zero-order valence-electron chi connectivity index (χ0n) is 11.5. The lowest BCUT2D eigenvalue weighted by Crippen LogP contribution is -2.42. The zero-order chi connectivity index (χ0) is 14.5. The molecule has 2 amide bonds. The van der Waals surface area contributed by atoms with E-state index in [0.29, 0.717) is 18.8 Å². The fourth-order valence-corrected chi connectivity index (χ4v) is 2.49. The molecule has 1 atom stereocenters. The van der Waals surface area contributed by atoms with E-state index < -0.39 is 5.97 Å². The van der Waals surface area contributed by atoms with Crippen LogP contribution in [0.4, 0.5) is 10.5 Å². The van der Waals surface area contributed by atoms with E-state index in [9.17, 15) is 9.59 Å². The third kappa shape index (κ3) is 3.94. The minimum absolute atomic E-state index is 0.0441. The van der Waals surface area contributed by atoms with Crippen molar-refractivity contribution in [2.24, 2.45) is 5.92 Å². The third-order valence-electron chi connectivity index (χ3n) is 3.40. The monoisotopic (exact) mass is 277 g/mol. The Morgan fingerprint density at radius 1 is 1.50 bits per heavy atom. The van der Waals surface area contributed by atoms with Gasteiger partial charge in [0.05, 0.1) is 11.9 Å². The minimum Gasteiger partial charge on any atom is -0.481 e. The molecular formula is C14H19N3O3. The highest BCUT2D eigenvalue weighted by Crippen LogP contribution is 2.20. The van der Waals surface area contributed by atoms with Gasteiger partial charge in [-0.05, 0) is 37.3 Å². The summed E-state index contributed by atoms with van der Waals surface area (Å²) in [6.07, 6.45) is 5.15. The maximum absolute atomic E-state index is 12.1. The Hall–Kier alpha value is -2.11. The molecule has 1 unspecified atom stereocenters. The van der Waals surface area contributed by atoms with E-state index in [0.717, 1.165) is 18.4 Å². The van der Waals surface area contributed by atoms with Crippen LogP contribution in [-0.2, 0) is 4.79 Å². The number of carbonyl (C=O) groups excluding carboxylic acids is 1. The molecule has 2 rings (SSSR count). The third-order valence-corrected chi connectivity index (χ3v) is 3.40. The smallest absolute Gasteiger partial charge is 0.321 e. The van der Waals surface area contributed by atoms with Crippen molar-refractivity contribution < 1.29 is 14.7 Å². The van der Waals surface area contributed by atoms with Gasteiger partial charge >= 0.3 is 12.0 Å². The molecule has 0 spiro atoms. The lowest BCUT2D eigenvalue weighted by molar-refractivity contribution is -0.138. The number of aliphatic carboxylic acids is 1. The van der Waals surface area contributed by atoms with Crippen LogP contribution >= 0.6 is 0 Å². The second-order valence-corrected chi connectivity index (χ2v) is 5.23.